The molecule has 7 heteroatoms. The van der Waals surface area contributed by atoms with Crippen LogP contribution < -0.4 is 14.8 Å². The molecule has 0 unspecified atom stereocenters. The van der Waals surface area contributed by atoms with Crippen LogP contribution >= 0.6 is 0 Å². The number of ether oxygens (including phenoxy) is 2. The molecule has 5 rings (SSSR count). The standard InChI is InChI=1S/C34H34N2O5/c37-33(38)17-19-35-34(39)29-14-11-25(12-15-29)22-36(23-26-13-16-31-32(21-26)41-24-40-31)20-18-30(27-7-3-1-4-8-27)28-9-5-2-6-10-28/h1-16,21,30H,17-20,22-24H2,(H,35,39)(H,37,38). The molecule has 0 saturated heterocycles. The Morgan fingerprint density at radius 1 is 0.780 bits per heavy atom. The lowest BCUT2D eigenvalue weighted by atomic mass is 9.88. The molecule has 41 heavy (non-hydrogen) atoms. The maximum atomic E-state index is 12.4. The number of carbonyl (C=O) groups excluding carboxylic acids is 1. The van der Waals surface area contributed by atoms with Gasteiger partial charge in [-0.2, -0.15) is 0 Å². The first-order valence-electron chi connectivity index (χ1n) is 13.8. The molecule has 0 bridgehead atoms. The smallest absolute Gasteiger partial charge is 0.305 e. The van der Waals surface area contributed by atoms with Crippen molar-refractivity contribution in [1.82, 2.24) is 10.2 Å². The van der Waals surface area contributed by atoms with Crippen LogP contribution in [0.5, 0.6) is 11.5 Å². The molecule has 7 nitrogen and oxygen atoms in total. The second-order valence-corrected chi connectivity index (χ2v) is 10.2. The molecule has 1 aliphatic rings. The number of benzene rings is 4. The second kappa shape index (κ2) is 13.6. The van der Waals surface area contributed by atoms with Crippen LogP contribution in [0.4, 0.5) is 0 Å². The Hall–Kier alpha value is -4.62. The fraction of sp³-hybridized carbons (Fsp3) is 0.235. The molecule has 0 spiro atoms. The summed E-state index contributed by atoms with van der Waals surface area (Å²) in [5.74, 6) is 0.583. The zero-order valence-electron chi connectivity index (χ0n) is 22.9. The normalized spacial score (nSPS) is 12.0. The van der Waals surface area contributed by atoms with Crippen molar-refractivity contribution in [1.29, 1.82) is 0 Å². The Morgan fingerprint density at radius 2 is 1.39 bits per heavy atom. The van der Waals surface area contributed by atoms with Crippen LogP contribution in [0.1, 0.15) is 51.4 Å². The quantitative estimate of drug-likeness (QED) is 0.217. The van der Waals surface area contributed by atoms with Crippen molar-refractivity contribution in [2.45, 2.75) is 31.8 Å². The number of aliphatic carboxylic acids is 1. The average Bonchev–Trinajstić information content (AvgIpc) is 3.46. The summed E-state index contributed by atoms with van der Waals surface area (Å²) < 4.78 is 11.1. The molecule has 0 aliphatic carbocycles. The Morgan fingerprint density at radius 3 is 2.05 bits per heavy atom. The molecule has 0 saturated carbocycles. The Labute approximate surface area is 240 Å². The number of nitrogens with zero attached hydrogens (tertiary/aromatic N) is 1. The number of carboxylic acids is 1. The van der Waals surface area contributed by atoms with Crippen molar-refractivity contribution in [3.63, 3.8) is 0 Å². The zero-order valence-corrected chi connectivity index (χ0v) is 22.9. The van der Waals surface area contributed by atoms with Gasteiger partial charge in [-0.05, 0) is 59.5 Å². The third-order valence-electron chi connectivity index (χ3n) is 7.23. The van der Waals surface area contributed by atoms with E-state index in [-0.39, 0.29) is 31.6 Å². The lowest BCUT2D eigenvalue weighted by Gasteiger charge is -2.26. The summed E-state index contributed by atoms with van der Waals surface area (Å²) in [5.41, 5.74) is 5.32. The first kappa shape index (κ1) is 27.9. The molecule has 0 fully saturated rings. The minimum absolute atomic E-state index is 0.100. The maximum absolute atomic E-state index is 12.4. The molecule has 4 aromatic carbocycles. The van der Waals surface area contributed by atoms with Crippen molar-refractivity contribution in [3.8, 4) is 11.5 Å². The van der Waals surface area contributed by atoms with Crippen LogP contribution in [-0.2, 0) is 17.9 Å². The van der Waals surface area contributed by atoms with Gasteiger partial charge in [-0.25, -0.2) is 0 Å². The summed E-state index contributed by atoms with van der Waals surface area (Å²) in [6, 6.07) is 34.8. The minimum atomic E-state index is -0.940. The number of nitrogens with one attached hydrogen (secondary N) is 1. The number of carbonyl (C=O) groups is 2. The van der Waals surface area contributed by atoms with Crippen LogP contribution in [0.2, 0.25) is 0 Å². The summed E-state index contributed by atoms with van der Waals surface area (Å²) in [6.07, 6.45) is 0.828. The minimum Gasteiger partial charge on any atom is -0.481 e. The van der Waals surface area contributed by atoms with Crippen LogP contribution in [0, 0.1) is 0 Å². The maximum Gasteiger partial charge on any atom is 0.305 e. The summed E-state index contributed by atoms with van der Waals surface area (Å²) in [7, 11) is 0. The molecule has 210 valence electrons. The second-order valence-electron chi connectivity index (χ2n) is 10.2. The van der Waals surface area contributed by atoms with E-state index in [4.69, 9.17) is 14.6 Å². The third-order valence-corrected chi connectivity index (χ3v) is 7.23. The van der Waals surface area contributed by atoms with Gasteiger partial charge in [-0.3, -0.25) is 14.5 Å². The molecular formula is C34H34N2O5. The van der Waals surface area contributed by atoms with E-state index in [0.29, 0.717) is 12.1 Å². The van der Waals surface area contributed by atoms with Crippen LogP contribution in [0.3, 0.4) is 0 Å². The molecule has 1 aliphatic heterocycles. The molecule has 4 aromatic rings. The van der Waals surface area contributed by atoms with E-state index < -0.39 is 5.97 Å². The predicted molar refractivity (Wildman–Crippen MR) is 157 cm³/mol. The molecule has 1 amide bonds. The van der Waals surface area contributed by atoms with E-state index >= 15 is 0 Å². The van der Waals surface area contributed by atoms with E-state index in [1.807, 2.05) is 36.4 Å². The van der Waals surface area contributed by atoms with Crippen molar-refractivity contribution >= 4 is 11.9 Å². The van der Waals surface area contributed by atoms with E-state index in [0.717, 1.165) is 42.1 Å². The first-order chi connectivity index (χ1) is 20.0. The number of fused-ring (bicyclic) bond motifs is 1. The fourth-order valence-corrected chi connectivity index (χ4v) is 5.12. The average molecular weight is 551 g/mol. The lowest BCUT2D eigenvalue weighted by molar-refractivity contribution is -0.136. The van der Waals surface area contributed by atoms with Crippen molar-refractivity contribution in [2.24, 2.45) is 0 Å². The monoisotopic (exact) mass is 550 g/mol. The van der Waals surface area contributed by atoms with Gasteiger partial charge in [-0.1, -0.05) is 78.9 Å². The Kier molecular flexibility index (Phi) is 9.29. The highest BCUT2D eigenvalue weighted by molar-refractivity contribution is 5.94. The van der Waals surface area contributed by atoms with Gasteiger partial charge < -0.3 is 19.9 Å². The molecule has 0 aromatic heterocycles. The number of hydrogen-bond donors (Lipinski definition) is 2. The van der Waals surface area contributed by atoms with Crippen LogP contribution in [0.15, 0.2) is 103 Å². The summed E-state index contributed by atoms with van der Waals surface area (Å²) in [4.78, 5) is 25.6. The van der Waals surface area contributed by atoms with Gasteiger partial charge in [0.2, 0.25) is 6.79 Å². The van der Waals surface area contributed by atoms with E-state index in [1.54, 1.807) is 12.1 Å². The molecule has 0 radical (unpaired) electrons. The van der Waals surface area contributed by atoms with Gasteiger partial charge in [0.15, 0.2) is 11.5 Å². The van der Waals surface area contributed by atoms with E-state index in [9.17, 15) is 9.59 Å². The summed E-state index contributed by atoms with van der Waals surface area (Å²) in [5, 5.41) is 11.5. The summed E-state index contributed by atoms with van der Waals surface area (Å²) in [6.45, 7) is 2.62. The van der Waals surface area contributed by atoms with E-state index in [1.165, 1.54) is 11.1 Å². The van der Waals surface area contributed by atoms with Gasteiger partial charge in [-0.15, -0.1) is 0 Å². The van der Waals surface area contributed by atoms with Crippen molar-refractivity contribution < 1.29 is 24.2 Å². The van der Waals surface area contributed by atoms with Crippen molar-refractivity contribution in [3.05, 3.63) is 131 Å². The largest absolute Gasteiger partial charge is 0.481 e. The highest BCUT2D eigenvalue weighted by atomic mass is 16.7. The van der Waals surface area contributed by atoms with Gasteiger partial charge >= 0.3 is 5.97 Å². The predicted octanol–water partition coefficient (Wildman–Crippen LogP) is 5.84. The molecule has 0 atom stereocenters. The first-order valence-corrected chi connectivity index (χ1v) is 13.8. The molecular weight excluding hydrogens is 516 g/mol. The Balaban J connectivity index is 1.32. The van der Waals surface area contributed by atoms with Gasteiger partial charge in [0, 0.05) is 31.1 Å². The van der Waals surface area contributed by atoms with Gasteiger partial charge in [0.1, 0.15) is 0 Å². The van der Waals surface area contributed by atoms with Crippen molar-refractivity contribution in [2.75, 3.05) is 19.9 Å². The Bertz CT molecular complexity index is 1400. The third kappa shape index (κ3) is 7.74. The highest BCUT2D eigenvalue weighted by Crippen LogP contribution is 2.33. The molecule has 2 N–H and O–H groups in total. The number of rotatable bonds is 13. The topological polar surface area (TPSA) is 88.1 Å². The lowest BCUT2D eigenvalue weighted by Crippen LogP contribution is -2.26. The van der Waals surface area contributed by atoms with E-state index in [2.05, 4.69) is 64.8 Å². The van der Waals surface area contributed by atoms with Crippen LogP contribution in [-0.4, -0.2) is 41.8 Å². The highest BCUT2D eigenvalue weighted by Gasteiger charge is 2.19. The SMILES string of the molecule is O=C(O)CCNC(=O)c1ccc(CN(CCC(c2ccccc2)c2ccccc2)Cc2ccc3c(c2)OCO3)cc1. The number of hydrogen-bond acceptors (Lipinski definition) is 5. The van der Waals surface area contributed by atoms with Crippen LogP contribution in [0.25, 0.3) is 0 Å². The number of carboxylic acid groups (broad SMARTS) is 1. The number of amides is 1. The summed E-state index contributed by atoms with van der Waals surface area (Å²) >= 11 is 0. The molecule has 1 heterocycles. The van der Waals surface area contributed by atoms with Gasteiger partial charge in [0.25, 0.3) is 5.91 Å². The van der Waals surface area contributed by atoms with Gasteiger partial charge in [0.05, 0.1) is 6.42 Å². The fourth-order valence-electron chi connectivity index (χ4n) is 5.12. The zero-order chi connectivity index (χ0) is 28.4.